The first-order valence-corrected chi connectivity index (χ1v) is 8.98. The Bertz CT molecular complexity index is 266. The van der Waals surface area contributed by atoms with Crippen LogP contribution in [0.25, 0.3) is 0 Å². The number of nitrogens with zero attached hydrogens (tertiary/aromatic N) is 1. The topological polar surface area (TPSA) is 63.4 Å². The molecule has 0 aromatic carbocycles. The number of carbonyl (C=O) groups is 2. The molecule has 0 fully saturated rings. The number of carbonyl (C=O) groups excluding carboxylic acids is 2. The smallest absolute Gasteiger partial charge is 0.228 e. The van der Waals surface area contributed by atoms with E-state index < -0.39 is 0 Å². The van der Waals surface area contributed by atoms with Crippen LogP contribution in [0.1, 0.15) is 91.4 Å². The summed E-state index contributed by atoms with van der Waals surface area (Å²) < 4.78 is 0. The second kappa shape index (κ2) is 18.1. The first-order chi connectivity index (χ1) is 10.5. The van der Waals surface area contributed by atoms with Crippen molar-refractivity contribution in [1.82, 2.24) is 4.90 Å². The van der Waals surface area contributed by atoms with E-state index in [1.807, 2.05) is 0 Å². The van der Waals surface area contributed by atoms with Gasteiger partial charge in [-0.25, -0.2) is 0 Å². The maximum absolute atomic E-state index is 11.5. The number of imide groups is 1. The van der Waals surface area contributed by atoms with Gasteiger partial charge in [-0.3, -0.25) is 14.5 Å². The van der Waals surface area contributed by atoms with Gasteiger partial charge in [0.25, 0.3) is 0 Å². The molecule has 0 rings (SSSR count). The highest BCUT2D eigenvalue weighted by Crippen LogP contribution is 2.10. The van der Waals surface area contributed by atoms with Gasteiger partial charge in [-0.1, -0.05) is 65.2 Å². The Hall–Kier alpha value is -0.900. The predicted octanol–water partition coefficient (Wildman–Crippen LogP) is 4.27. The van der Waals surface area contributed by atoms with E-state index in [-0.39, 0.29) is 11.8 Å². The van der Waals surface area contributed by atoms with Gasteiger partial charge in [0.15, 0.2) is 0 Å². The molecule has 132 valence electrons. The summed E-state index contributed by atoms with van der Waals surface area (Å²) in [7, 11) is 1.55. The SMILES string of the molecule is CCCCCCCCCCCC(=O)N(C)C(C)=O.CCCN. The van der Waals surface area contributed by atoms with Gasteiger partial charge in [0.05, 0.1) is 0 Å². The fourth-order valence-electron chi connectivity index (χ4n) is 1.93. The van der Waals surface area contributed by atoms with Gasteiger partial charge in [0, 0.05) is 20.4 Å². The zero-order valence-corrected chi connectivity index (χ0v) is 15.3. The van der Waals surface area contributed by atoms with Crippen LogP contribution in [0.4, 0.5) is 0 Å². The minimum absolute atomic E-state index is 0.0505. The summed E-state index contributed by atoms with van der Waals surface area (Å²) >= 11 is 0. The summed E-state index contributed by atoms with van der Waals surface area (Å²) in [5, 5.41) is 0. The molecule has 0 atom stereocenters. The molecule has 0 unspecified atom stereocenters. The molecule has 4 nitrogen and oxygen atoms in total. The van der Waals surface area contributed by atoms with E-state index in [1.165, 1.54) is 56.8 Å². The molecular weight excluding hydrogens is 276 g/mol. The summed E-state index contributed by atoms with van der Waals surface area (Å²) in [6, 6.07) is 0. The second-order valence-corrected chi connectivity index (χ2v) is 5.84. The summed E-state index contributed by atoms with van der Waals surface area (Å²) in [6.07, 6.45) is 12.8. The molecule has 0 saturated carbocycles. The average molecular weight is 315 g/mol. The van der Waals surface area contributed by atoms with Crippen LogP contribution in [0, 0.1) is 0 Å². The van der Waals surface area contributed by atoms with Crippen LogP contribution in [-0.2, 0) is 9.59 Å². The van der Waals surface area contributed by atoms with Crippen molar-refractivity contribution in [2.24, 2.45) is 5.73 Å². The minimum Gasteiger partial charge on any atom is -0.330 e. The molecule has 2 amide bonds. The third-order valence-corrected chi connectivity index (χ3v) is 3.63. The van der Waals surface area contributed by atoms with Crippen molar-refractivity contribution < 1.29 is 9.59 Å². The standard InChI is InChI=1S/C15H29NO2.C3H9N/c1-4-5-6-7-8-9-10-11-12-13-15(18)16(3)14(2)17;1-2-3-4/h4-13H2,1-3H3;2-4H2,1H3. The van der Waals surface area contributed by atoms with Crippen LogP contribution in [0.3, 0.4) is 0 Å². The fraction of sp³-hybridized carbons (Fsp3) is 0.889. The lowest BCUT2D eigenvalue weighted by Crippen LogP contribution is -2.30. The molecule has 0 radical (unpaired) electrons. The highest BCUT2D eigenvalue weighted by molar-refractivity contribution is 5.93. The zero-order chi connectivity index (χ0) is 17.2. The van der Waals surface area contributed by atoms with Crippen molar-refractivity contribution in [3.63, 3.8) is 0 Å². The van der Waals surface area contributed by atoms with Crippen molar-refractivity contribution in [2.75, 3.05) is 13.6 Å². The molecule has 0 aliphatic heterocycles. The molecule has 0 aliphatic carbocycles. The van der Waals surface area contributed by atoms with Crippen molar-refractivity contribution >= 4 is 11.8 Å². The van der Waals surface area contributed by atoms with Gasteiger partial charge < -0.3 is 5.73 Å². The number of amides is 2. The van der Waals surface area contributed by atoms with Crippen LogP contribution in [0.2, 0.25) is 0 Å². The van der Waals surface area contributed by atoms with Crippen molar-refractivity contribution in [3.05, 3.63) is 0 Å². The molecule has 0 aromatic rings. The zero-order valence-electron chi connectivity index (χ0n) is 15.3. The monoisotopic (exact) mass is 314 g/mol. The molecule has 0 heterocycles. The van der Waals surface area contributed by atoms with Gasteiger partial charge in [-0.15, -0.1) is 0 Å². The Morgan fingerprint density at radius 2 is 1.23 bits per heavy atom. The molecule has 2 N–H and O–H groups in total. The van der Waals surface area contributed by atoms with E-state index in [0.717, 1.165) is 25.8 Å². The van der Waals surface area contributed by atoms with Crippen molar-refractivity contribution in [2.45, 2.75) is 91.4 Å². The average Bonchev–Trinajstić information content (AvgIpc) is 2.52. The van der Waals surface area contributed by atoms with E-state index in [2.05, 4.69) is 13.8 Å². The lowest BCUT2D eigenvalue weighted by molar-refractivity contribution is -0.141. The molecule has 0 saturated heterocycles. The second-order valence-electron chi connectivity index (χ2n) is 5.84. The van der Waals surface area contributed by atoms with Gasteiger partial charge in [-0.05, 0) is 19.4 Å². The third kappa shape index (κ3) is 17.2. The summed E-state index contributed by atoms with van der Waals surface area (Å²) in [5.74, 6) is -0.221. The van der Waals surface area contributed by atoms with Crippen LogP contribution >= 0.6 is 0 Å². The first kappa shape index (κ1) is 23.4. The number of rotatable bonds is 11. The third-order valence-electron chi connectivity index (χ3n) is 3.63. The molecule has 22 heavy (non-hydrogen) atoms. The van der Waals surface area contributed by atoms with Crippen LogP contribution in [-0.4, -0.2) is 30.3 Å². The van der Waals surface area contributed by atoms with Crippen molar-refractivity contribution in [3.8, 4) is 0 Å². The number of hydrogen-bond donors (Lipinski definition) is 1. The van der Waals surface area contributed by atoms with Crippen molar-refractivity contribution in [1.29, 1.82) is 0 Å². The number of nitrogens with two attached hydrogens (primary N) is 1. The summed E-state index contributed by atoms with van der Waals surface area (Å²) in [5.41, 5.74) is 5.03. The Morgan fingerprint density at radius 1 is 0.818 bits per heavy atom. The van der Waals surface area contributed by atoms with E-state index >= 15 is 0 Å². The predicted molar refractivity (Wildman–Crippen MR) is 94.6 cm³/mol. The Balaban J connectivity index is 0. The lowest BCUT2D eigenvalue weighted by Gasteiger charge is -2.12. The number of unbranched alkanes of at least 4 members (excludes halogenated alkanes) is 8. The molecular formula is C18H38N2O2. The normalized spacial score (nSPS) is 9.86. The van der Waals surface area contributed by atoms with Gasteiger partial charge >= 0.3 is 0 Å². The van der Waals surface area contributed by atoms with Crippen LogP contribution < -0.4 is 5.73 Å². The highest BCUT2D eigenvalue weighted by atomic mass is 16.2. The fourth-order valence-corrected chi connectivity index (χ4v) is 1.93. The molecule has 0 spiro atoms. The Labute approximate surface area is 137 Å². The van der Waals surface area contributed by atoms with Gasteiger partial charge in [-0.2, -0.15) is 0 Å². The van der Waals surface area contributed by atoms with Gasteiger partial charge in [0.2, 0.25) is 11.8 Å². The van der Waals surface area contributed by atoms with Crippen LogP contribution in [0.5, 0.6) is 0 Å². The van der Waals surface area contributed by atoms with E-state index in [0.29, 0.717) is 6.42 Å². The summed E-state index contributed by atoms with van der Waals surface area (Å²) in [4.78, 5) is 23.7. The maximum Gasteiger partial charge on any atom is 0.228 e. The lowest BCUT2D eigenvalue weighted by atomic mass is 10.1. The Morgan fingerprint density at radius 3 is 1.59 bits per heavy atom. The van der Waals surface area contributed by atoms with Gasteiger partial charge in [0.1, 0.15) is 0 Å². The summed E-state index contributed by atoms with van der Waals surface area (Å²) in [6.45, 7) is 6.53. The highest BCUT2D eigenvalue weighted by Gasteiger charge is 2.11. The first-order valence-electron chi connectivity index (χ1n) is 8.98. The molecule has 0 bridgehead atoms. The maximum atomic E-state index is 11.5. The number of hydrogen-bond acceptors (Lipinski definition) is 3. The molecule has 0 aliphatic rings. The quantitative estimate of drug-likeness (QED) is 0.579. The Kier molecular flexibility index (Phi) is 19.3. The minimum atomic E-state index is -0.170. The van der Waals surface area contributed by atoms with E-state index in [1.54, 1.807) is 7.05 Å². The largest absolute Gasteiger partial charge is 0.330 e. The van der Waals surface area contributed by atoms with Crippen LogP contribution in [0.15, 0.2) is 0 Å². The molecule has 0 aromatic heterocycles. The van der Waals surface area contributed by atoms with E-state index in [4.69, 9.17) is 5.73 Å². The van der Waals surface area contributed by atoms with E-state index in [9.17, 15) is 9.59 Å². The molecule has 4 heteroatoms.